The van der Waals surface area contributed by atoms with Crippen LogP contribution in [0.15, 0.2) is 18.7 Å². The van der Waals surface area contributed by atoms with Crippen LogP contribution in [0.1, 0.15) is 32.1 Å². The molecule has 1 aliphatic carbocycles. The molecule has 1 N–H and O–H groups in total. The Kier molecular flexibility index (Phi) is 4.21. The number of hydrogen-bond acceptors (Lipinski definition) is 2. The predicted molar refractivity (Wildman–Crippen MR) is 61.7 cm³/mol. The van der Waals surface area contributed by atoms with Crippen LogP contribution >= 0.6 is 0 Å². The fourth-order valence-corrected chi connectivity index (χ4v) is 2.02. The van der Waals surface area contributed by atoms with Crippen molar-refractivity contribution in [2.75, 3.05) is 13.1 Å². The van der Waals surface area contributed by atoms with Gasteiger partial charge in [-0.1, -0.05) is 19.3 Å². The lowest BCUT2D eigenvalue weighted by Crippen LogP contribution is -2.22. The molecule has 0 unspecified atom stereocenters. The molecule has 0 aliphatic heterocycles. The molecule has 3 nitrogen and oxygen atoms in total. The first kappa shape index (κ1) is 10.7. The Hall–Kier alpha value is -0.830. The van der Waals surface area contributed by atoms with E-state index in [0.717, 1.165) is 19.0 Å². The molecule has 84 valence electrons. The highest BCUT2D eigenvalue weighted by Gasteiger charge is 2.15. The van der Waals surface area contributed by atoms with Gasteiger partial charge in [0.25, 0.3) is 0 Å². The van der Waals surface area contributed by atoms with Crippen molar-refractivity contribution in [3.8, 4) is 0 Å². The van der Waals surface area contributed by atoms with Crippen molar-refractivity contribution in [3.05, 3.63) is 18.7 Å². The fraction of sp³-hybridized carbons (Fsp3) is 0.750. The second-order valence-corrected chi connectivity index (χ2v) is 4.49. The van der Waals surface area contributed by atoms with E-state index in [9.17, 15) is 0 Å². The normalized spacial score (nSPS) is 16.5. The first-order valence-electron chi connectivity index (χ1n) is 6.11. The van der Waals surface area contributed by atoms with E-state index in [-0.39, 0.29) is 0 Å². The Morgan fingerprint density at radius 2 is 2.27 bits per heavy atom. The summed E-state index contributed by atoms with van der Waals surface area (Å²) in [7, 11) is 0. The number of hydrogen-bond donors (Lipinski definition) is 1. The van der Waals surface area contributed by atoms with Crippen molar-refractivity contribution in [2.24, 2.45) is 5.92 Å². The van der Waals surface area contributed by atoms with Crippen molar-refractivity contribution in [1.82, 2.24) is 14.9 Å². The summed E-state index contributed by atoms with van der Waals surface area (Å²) in [6.07, 6.45) is 12.7. The third-order valence-corrected chi connectivity index (χ3v) is 3.28. The Balaban J connectivity index is 1.41. The van der Waals surface area contributed by atoms with Crippen molar-refractivity contribution in [2.45, 2.75) is 38.6 Å². The summed E-state index contributed by atoms with van der Waals surface area (Å²) in [5.74, 6) is 1.03. The van der Waals surface area contributed by atoms with Crippen LogP contribution < -0.4 is 5.32 Å². The quantitative estimate of drug-likeness (QED) is 0.694. The van der Waals surface area contributed by atoms with Gasteiger partial charge in [0.1, 0.15) is 0 Å². The first-order valence-corrected chi connectivity index (χ1v) is 6.11. The molecule has 2 rings (SSSR count). The number of nitrogens with zero attached hydrogens (tertiary/aromatic N) is 2. The zero-order valence-corrected chi connectivity index (χ0v) is 9.36. The number of aryl methyl sites for hydroxylation is 1. The van der Waals surface area contributed by atoms with Crippen LogP contribution in [0.3, 0.4) is 0 Å². The number of nitrogens with one attached hydrogen (secondary N) is 1. The average molecular weight is 207 g/mol. The van der Waals surface area contributed by atoms with Gasteiger partial charge in [-0.25, -0.2) is 4.98 Å². The fourth-order valence-electron chi connectivity index (χ4n) is 2.02. The van der Waals surface area contributed by atoms with Crippen molar-refractivity contribution >= 4 is 0 Å². The van der Waals surface area contributed by atoms with Gasteiger partial charge in [0.2, 0.25) is 0 Å². The summed E-state index contributed by atoms with van der Waals surface area (Å²) < 4.78 is 2.13. The molecule has 0 aromatic carbocycles. The molecule has 0 spiro atoms. The van der Waals surface area contributed by atoms with Gasteiger partial charge in [0.05, 0.1) is 6.33 Å². The summed E-state index contributed by atoms with van der Waals surface area (Å²) in [5.41, 5.74) is 0. The number of rotatable bonds is 7. The highest BCUT2D eigenvalue weighted by Crippen LogP contribution is 2.28. The minimum Gasteiger partial charge on any atom is -0.337 e. The van der Waals surface area contributed by atoms with Gasteiger partial charge in [0.15, 0.2) is 0 Å². The number of imidazole rings is 1. The van der Waals surface area contributed by atoms with Crippen molar-refractivity contribution in [3.63, 3.8) is 0 Å². The molecule has 0 bridgehead atoms. The molecule has 1 heterocycles. The molecule has 1 fully saturated rings. The molecule has 1 aliphatic rings. The van der Waals surface area contributed by atoms with Gasteiger partial charge in [-0.2, -0.15) is 0 Å². The zero-order chi connectivity index (χ0) is 10.3. The first-order chi connectivity index (χ1) is 7.45. The minimum absolute atomic E-state index is 1.03. The van der Waals surface area contributed by atoms with E-state index >= 15 is 0 Å². The van der Waals surface area contributed by atoms with Crippen LogP contribution in [-0.2, 0) is 6.54 Å². The molecule has 1 saturated carbocycles. The molecular weight excluding hydrogens is 186 g/mol. The Bertz CT molecular complexity index is 252. The molecule has 0 saturated heterocycles. The van der Waals surface area contributed by atoms with Crippen LogP contribution in [0.5, 0.6) is 0 Å². The third-order valence-electron chi connectivity index (χ3n) is 3.28. The van der Waals surface area contributed by atoms with E-state index in [0.29, 0.717) is 0 Å². The van der Waals surface area contributed by atoms with Gasteiger partial charge in [-0.05, 0) is 31.8 Å². The van der Waals surface area contributed by atoms with Crippen LogP contribution in [0.4, 0.5) is 0 Å². The van der Waals surface area contributed by atoms with E-state index in [1.807, 2.05) is 18.7 Å². The molecular formula is C12H21N3. The topological polar surface area (TPSA) is 29.9 Å². The van der Waals surface area contributed by atoms with Gasteiger partial charge in [-0.15, -0.1) is 0 Å². The Morgan fingerprint density at radius 1 is 1.33 bits per heavy atom. The van der Waals surface area contributed by atoms with Crippen LogP contribution in [0.25, 0.3) is 0 Å². The summed E-state index contributed by atoms with van der Waals surface area (Å²) in [4.78, 5) is 4.02. The second kappa shape index (κ2) is 5.91. The van der Waals surface area contributed by atoms with E-state index in [1.54, 1.807) is 0 Å². The smallest absolute Gasteiger partial charge is 0.0945 e. The highest BCUT2D eigenvalue weighted by molar-refractivity contribution is 4.74. The summed E-state index contributed by atoms with van der Waals surface area (Å²) in [6, 6.07) is 0. The molecule has 1 aromatic rings. The lowest BCUT2D eigenvalue weighted by molar-refractivity contribution is 0.292. The van der Waals surface area contributed by atoms with Gasteiger partial charge in [-0.3, -0.25) is 0 Å². The SMILES string of the molecule is c1cn(CCCNCCC2CCC2)cn1. The monoisotopic (exact) mass is 207 g/mol. The largest absolute Gasteiger partial charge is 0.337 e. The van der Waals surface area contributed by atoms with Crippen LogP contribution in [0, 0.1) is 5.92 Å². The van der Waals surface area contributed by atoms with E-state index < -0.39 is 0 Å². The Labute approximate surface area is 91.9 Å². The third kappa shape index (κ3) is 3.67. The van der Waals surface area contributed by atoms with Gasteiger partial charge in [0, 0.05) is 18.9 Å². The predicted octanol–water partition coefficient (Wildman–Crippen LogP) is 2.05. The second-order valence-electron chi connectivity index (χ2n) is 4.49. The van der Waals surface area contributed by atoms with Crippen molar-refractivity contribution < 1.29 is 0 Å². The van der Waals surface area contributed by atoms with Gasteiger partial charge >= 0.3 is 0 Å². The molecule has 0 atom stereocenters. The van der Waals surface area contributed by atoms with Crippen LogP contribution in [-0.4, -0.2) is 22.6 Å². The lowest BCUT2D eigenvalue weighted by atomic mass is 9.83. The number of aromatic nitrogens is 2. The molecule has 1 aromatic heterocycles. The molecule has 15 heavy (non-hydrogen) atoms. The van der Waals surface area contributed by atoms with E-state index in [2.05, 4.69) is 14.9 Å². The van der Waals surface area contributed by atoms with Crippen LogP contribution in [0.2, 0.25) is 0 Å². The molecule has 3 heteroatoms. The van der Waals surface area contributed by atoms with Gasteiger partial charge < -0.3 is 9.88 Å². The lowest BCUT2D eigenvalue weighted by Gasteiger charge is -2.25. The Morgan fingerprint density at radius 3 is 2.93 bits per heavy atom. The average Bonchev–Trinajstić information content (AvgIpc) is 2.66. The maximum atomic E-state index is 4.02. The highest BCUT2D eigenvalue weighted by atomic mass is 15.0. The summed E-state index contributed by atoms with van der Waals surface area (Å²) >= 11 is 0. The molecule has 0 amide bonds. The summed E-state index contributed by atoms with van der Waals surface area (Å²) in [6.45, 7) is 3.41. The van der Waals surface area contributed by atoms with E-state index in [4.69, 9.17) is 0 Å². The molecule has 0 radical (unpaired) electrons. The standard InChI is InChI=1S/C12H21N3/c1-3-12(4-1)5-7-13-6-2-9-15-10-8-14-11-15/h8,10-13H,1-7,9H2. The maximum absolute atomic E-state index is 4.02. The van der Waals surface area contributed by atoms with E-state index in [1.165, 1.54) is 38.6 Å². The summed E-state index contributed by atoms with van der Waals surface area (Å²) in [5, 5.41) is 3.51. The minimum atomic E-state index is 1.03. The maximum Gasteiger partial charge on any atom is 0.0945 e. The zero-order valence-electron chi connectivity index (χ0n) is 9.36. The van der Waals surface area contributed by atoms with Crippen molar-refractivity contribution in [1.29, 1.82) is 0 Å².